The van der Waals surface area contributed by atoms with Crippen LogP contribution in [0.5, 0.6) is 0 Å². The second-order valence-electron chi connectivity index (χ2n) is 6.24. The molecule has 0 unspecified atom stereocenters. The van der Waals surface area contributed by atoms with Crippen LogP contribution in [0.1, 0.15) is 22.8 Å². The second-order valence-corrected chi connectivity index (χ2v) is 8.24. The van der Waals surface area contributed by atoms with Crippen molar-refractivity contribution in [2.24, 2.45) is 4.99 Å². The van der Waals surface area contributed by atoms with E-state index in [0.717, 1.165) is 16.0 Å². The maximum Gasteiger partial charge on any atom is 0.338 e. The fourth-order valence-electron chi connectivity index (χ4n) is 2.82. The number of hydrogen-bond donors (Lipinski definition) is 0. The Labute approximate surface area is 176 Å². The summed E-state index contributed by atoms with van der Waals surface area (Å²) in [6.07, 6.45) is 2.12. The van der Waals surface area contributed by atoms with E-state index in [4.69, 9.17) is 4.74 Å². The fraction of sp³-hybridized carbons (Fsp3) is 0.286. The summed E-state index contributed by atoms with van der Waals surface area (Å²) in [6, 6.07) is 11.2. The molecule has 0 saturated heterocycles. The summed E-state index contributed by atoms with van der Waals surface area (Å²) in [5.41, 5.74) is 2.11. The van der Waals surface area contributed by atoms with Gasteiger partial charge in [-0.05, 0) is 49.1 Å². The SMILES string of the molecule is CCOC(=O)c1ccc2c(c1)sc(=NC(=O)Cc1ccc(F)cc1)n2CCSC. The summed E-state index contributed by atoms with van der Waals surface area (Å²) < 4.78 is 21.0. The number of fused-ring (bicyclic) bond motifs is 1. The third-order valence-corrected chi connectivity index (χ3v) is 5.83. The monoisotopic (exact) mass is 432 g/mol. The summed E-state index contributed by atoms with van der Waals surface area (Å²) in [5.74, 6) is -0.142. The lowest BCUT2D eigenvalue weighted by Gasteiger charge is -2.05. The number of carbonyl (C=O) groups is 2. The van der Waals surface area contributed by atoms with Crippen LogP contribution in [0.3, 0.4) is 0 Å². The molecule has 8 heteroatoms. The molecule has 0 saturated carbocycles. The Morgan fingerprint density at radius 1 is 1.21 bits per heavy atom. The highest BCUT2D eigenvalue weighted by atomic mass is 32.2. The van der Waals surface area contributed by atoms with Crippen LogP contribution in [0.25, 0.3) is 10.2 Å². The molecule has 5 nitrogen and oxygen atoms in total. The van der Waals surface area contributed by atoms with Gasteiger partial charge in [0, 0.05) is 12.3 Å². The summed E-state index contributed by atoms with van der Waals surface area (Å²) in [5, 5.41) is 0. The molecule has 0 bridgehead atoms. The van der Waals surface area contributed by atoms with Gasteiger partial charge >= 0.3 is 5.97 Å². The van der Waals surface area contributed by atoms with Crippen LogP contribution in [0.4, 0.5) is 4.39 Å². The maximum absolute atomic E-state index is 13.1. The topological polar surface area (TPSA) is 60.7 Å². The van der Waals surface area contributed by atoms with Gasteiger partial charge in [-0.2, -0.15) is 16.8 Å². The van der Waals surface area contributed by atoms with Crippen molar-refractivity contribution in [3.8, 4) is 0 Å². The molecule has 1 heterocycles. The van der Waals surface area contributed by atoms with E-state index >= 15 is 0 Å². The van der Waals surface area contributed by atoms with E-state index in [-0.39, 0.29) is 24.1 Å². The average Bonchev–Trinajstić information content (AvgIpc) is 3.04. The molecule has 0 N–H and O–H groups in total. The van der Waals surface area contributed by atoms with Crippen LogP contribution in [0.2, 0.25) is 0 Å². The standard InChI is InChI=1S/C21H21FN2O3S2/c1-3-27-20(26)15-6-9-17-18(13-15)29-21(24(17)10-11-28-2)23-19(25)12-14-4-7-16(22)8-5-14/h4-9,13H,3,10-12H2,1-2H3. The van der Waals surface area contributed by atoms with Crippen LogP contribution in [-0.2, 0) is 22.5 Å². The lowest BCUT2D eigenvalue weighted by molar-refractivity contribution is -0.117. The first-order valence-corrected chi connectivity index (χ1v) is 11.3. The van der Waals surface area contributed by atoms with Crippen molar-refractivity contribution in [2.45, 2.75) is 19.9 Å². The van der Waals surface area contributed by atoms with Gasteiger partial charge < -0.3 is 9.30 Å². The number of aryl methyl sites for hydroxylation is 1. The average molecular weight is 433 g/mol. The number of ether oxygens (including phenoxy) is 1. The van der Waals surface area contributed by atoms with E-state index in [9.17, 15) is 14.0 Å². The molecule has 2 aromatic carbocycles. The molecule has 3 aromatic rings. The van der Waals surface area contributed by atoms with Gasteiger partial charge in [0.1, 0.15) is 5.82 Å². The van der Waals surface area contributed by atoms with E-state index in [0.29, 0.717) is 29.1 Å². The van der Waals surface area contributed by atoms with E-state index in [1.165, 1.54) is 23.5 Å². The van der Waals surface area contributed by atoms with Crippen molar-refractivity contribution in [2.75, 3.05) is 18.6 Å². The first kappa shape index (κ1) is 21.3. The molecule has 152 valence electrons. The number of esters is 1. The first-order chi connectivity index (χ1) is 14.0. The van der Waals surface area contributed by atoms with Crippen molar-refractivity contribution < 1.29 is 18.7 Å². The fourth-order valence-corrected chi connectivity index (χ4v) is 4.30. The van der Waals surface area contributed by atoms with E-state index < -0.39 is 0 Å². The van der Waals surface area contributed by atoms with Crippen molar-refractivity contribution in [1.82, 2.24) is 4.57 Å². The van der Waals surface area contributed by atoms with Gasteiger partial charge in [0.25, 0.3) is 5.91 Å². The highest BCUT2D eigenvalue weighted by molar-refractivity contribution is 7.98. The second kappa shape index (κ2) is 9.84. The smallest absolute Gasteiger partial charge is 0.338 e. The van der Waals surface area contributed by atoms with Crippen LogP contribution in [0, 0.1) is 5.82 Å². The minimum absolute atomic E-state index is 0.102. The summed E-state index contributed by atoms with van der Waals surface area (Å²) >= 11 is 3.07. The molecule has 0 fully saturated rings. The third kappa shape index (κ3) is 5.33. The molecule has 3 rings (SSSR count). The zero-order valence-electron chi connectivity index (χ0n) is 16.2. The van der Waals surface area contributed by atoms with E-state index in [1.807, 2.05) is 16.9 Å². The molecular formula is C21H21FN2O3S2. The molecular weight excluding hydrogens is 411 g/mol. The third-order valence-electron chi connectivity index (χ3n) is 4.20. The Hall–Kier alpha value is -2.45. The number of carbonyl (C=O) groups excluding carboxylic acids is 2. The quantitative estimate of drug-likeness (QED) is 0.529. The molecule has 0 radical (unpaired) electrons. The Kier molecular flexibility index (Phi) is 7.22. The van der Waals surface area contributed by atoms with Gasteiger partial charge in [-0.3, -0.25) is 4.79 Å². The minimum atomic E-state index is -0.371. The van der Waals surface area contributed by atoms with Gasteiger partial charge in [-0.1, -0.05) is 23.5 Å². The van der Waals surface area contributed by atoms with Gasteiger partial charge in [-0.25, -0.2) is 9.18 Å². The molecule has 0 aliphatic rings. The molecule has 0 spiro atoms. The van der Waals surface area contributed by atoms with Crippen molar-refractivity contribution >= 4 is 45.2 Å². The Morgan fingerprint density at radius 2 is 1.97 bits per heavy atom. The lowest BCUT2D eigenvalue weighted by Crippen LogP contribution is -2.18. The van der Waals surface area contributed by atoms with Crippen molar-refractivity contribution in [3.05, 3.63) is 64.2 Å². The van der Waals surface area contributed by atoms with Gasteiger partial charge in [0.2, 0.25) is 0 Å². The van der Waals surface area contributed by atoms with Crippen LogP contribution in [0.15, 0.2) is 47.5 Å². The van der Waals surface area contributed by atoms with Crippen molar-refractivity contribution in [3.63, 3.8) is 0 Å². The zero-order valence-corrected chi connectivity index (χ0v) is 17.8. The number of nitrogens with zero attached hydrogens (tertiary/aromatic N) is 2. The molecule has 0 atom stereocenters. The van der Waals surface area contributed by atoms with Crippen LogP contribution >= 0.6 is 23.1 Å². The number of thiazole rings is 1. The molecule has 0 aliphatic carbocycles. The summed E-state index contributed by atoms with van der Waals surface area (Å²) in [4.78, 5) is 29.4. The summed E-state index contributed by atoms with van der Waals surface area (Å²) in [6.45, 7) is 2.78. The Balaban J connectivity index is 1.97. The van der Waals surface area contributed by atoms with Crippen LogP contribution in [-0.4, -0.2) is 35.1 Å². The molecule has 1 aromatic heterocycles. The lowest BCUT2D eigenvalue weighted by atomic mass is 10.1. The van der Waals surface area contributed by atoms with Crippen molar-refractivity contribution in [1.29, 1.82) is 0 Å². The molecule has 1 amide bonds. The minimum Gasteiger partial charge on any atom is -0.462 e. The predicted molar refractivity (Wildman–Crippen MR) is 115 cm³/mol. The highest BCUT2D eigenvalue weighted by Gasteiger charge is 2.12. The van der Waals surface area contributed by atoms with Gasteiger partial charge in [0.15, 0.2) is 4.80 Å². The number of rotatable bonds is 7. The van der Waals surface area contributed by atoms with E-state index in [1.54, 1.807) is 43.0 Å². The number of hydrogen-bond acceptors (Lipinski definition) is 5. The number of amides is 1. The number of aromatic nitrogens is 1. The largest absolute Gasteiger partial charge is 0.462 e. The number of halogens is 1. The zero-order chi connectivity index (χ0) is 20.8. The Morgan fingerprint density at radius 3 is 2.66 bits per heavy atom. The molecule has 29 heavy (non-hydrogen) atoms. The summed E-state index contributed by atoms with van der Waals surface area (Å²) in [7, 11) is 0. The number of thioether (sulfide) groups is 1. The maximum atomic E-state index is 13.1. The first-order valence-electron chi connectivity index (χ1n) is 9.13. The normalized spacial score (nSPS) is 11.8. The van der Waals surface area contributed by atoms with Gasteiger partial charge in [0.05, 0.1) is 28.8 Å². The number of benzene rings is 2. The van der Waals surface area contributed by atoms with Gasteiger partial charge in [-0.15, -0.1) is 0 Å². The molecule has 0 aliphatic heterocycles. The highest BCUT2D eigenvalue weighted by Crippen LogP contribution is 2.20. The van der Waals surface area contributed by atoms with Crippen LogP contribution < -0.4 is 4.80 Å². The van der Waals surface area contributed by atoms with E-state index in [2.05, 4.69) is 4.99 Å². The Bertz CT molecular complexity index is 1090. The predicted octanol–water partition coefficient (Wildman–Crippen LogP) is 4.05.